The number of primary sulfonamides is 1. The number of hydrogen-bond acceptors (Lipinski definition) is 3. The second kappa shape index (κ2) is 10.8. The van der Waals surface area contributed by atoms with Crippen LogP contribution in [-0.4, -0.2) is 32.9 Å². The first-order valence-corrected chi connectivity index (χ1v) is 10.1. The maximum Gasteiger partial charge on any atom is 0.238 e. The maximum atomic E-state index is 11.5. The average Bonchev–Trinajstić information content (AvgIpc) is 2.60. The van der Waals surface area contributed by atoms with Crippen molar-refractivity contribution in [3.8, 4) is 0 Å². The van der Waals surface area contributed by atoms with E-state index in [1.807, 2.05) is 49.2 Å². The molecule has 2 rings (SSSR count). The lowest BCUT2D eigenvalue weighted by Crippen LogP contribution is -2.38. The smallest absolute Gasteiger partial charge is 0.238 e. The van der Waals surface area contributed by atoms with Gasteiger partial charge in [-0.15, -0.1) is 24.0 Å². The van der Waals surface area contributed by atoms with Gasteiger partial charge in [0.25, 0.3) is 0 Å². The largest absolute Gasteiger partial charge is 0.357 e. The SMILES string of the molecule is CCNC(=NCc1cccc(S(N)(=O)=O)c1)N(C)Cc1ccc(Cl)cc1.I. The second-order valence-corrected chi connectivity index (χ2v) is 7.84. The Kier molecular flexibility index (Phi) is 9.51. The third kappa shape index (κ3) is 7.65. The van der Waals surface area contributed by atoms with E-state index in [4.69, 9.17) is 16.7 Å². The third-order valence-electron chi connectivity index (χ3n) is 3.67. The molecular formula is C18H24ClIN4O2S. The Morgan fingerprint density at radius 1 is 1.19 bits per heavy atom. The summed E-state index contributed by atoms with van der Waals surface area (Å²) in [7, 11) is -1.78. The summed E-state index contributed by atoms with van der Waals surface area (Å²) in [4.78, 5) is 6.67. The molecule has 0 fully saturated rings. The van der Waals surface area contributed by atoms with E-state index in [1.54, 1.807) is 12.1 Å². The van der Waals surface area contributed by atoms with Crippen LogP contribution >= 0.6 is 35.6 Å². The van der Waals surface area contributed by atoms with Crippen LogP contribution in [0.15, 0.2) is 58.4 Å². The van der Waals surface area contributed by atoms with Crippen molar-refractivity contribution in [1.82, 2.24) is 10.2 Å². The number of benzene rings is 2. The van der Waals surface area contributed by atoms with Crippen LogP contribution in [0, 0.1) is 0 Å². The second-order valence-electron chi connectivity index (χ2n) is 5.85. The van der Waals surface area contributed by atoms with E-state index in [2.05, 4.69) is 10.3 Å². The monoisotopic (exact) mass is 522 g/mol. The van der Waals surface area contributed by atoms with Gasteiger partial charge in [-0.25, -0.2) is 18.5 Å². The first-order chi connectivity index (χ1) is 12.3. The normalized spacial score (nSPS) is 11.6. The Morgan fingerprint density at radius 2 is 1.85 bits per heavy atom. The van der Waals surface area contributed by atoms with E-state index in [-0.39, 0.29) is 28.9 Å². The standard InChI is InChI=1S/C18H23ClN4O2S.HI/c1-3-21-18(23(2)13-14-7-9-16(19)10-8-14)22-12-15-5-4-6-17(11-15)26(20,24)25;/h4-11H,3,12-13H2,1-2H3,(H,21,22)(H2,20,24,25);1H. The predicted molar refractivity (Wildman–Crippen MR) is 121 cm³/mol. The van der Waals surface area contributed by atoms with Crippen molar-refractivity contribution in [3.63, 3.8) is 0 Å². The number of hydrogen-bond donors (Lipinski definition) is 2. The molecule has 0 radical (unpaired) electrons. The fraction of sp³-hybridized carbons (Fsp3) is 0.278. The molecule has 0 spiro atoms. The summed E-state index contributed by atoms with van der Waals surface area (Å²) in [5.74, 6) is 0.725. The molecule has 0 atom stereocenters. The number of halogens is 2. The van der Waals surface area contributed by atoms with Crippen LogP contribution in [0.4, 0.5) is 0 Å². The van der Waals surface area contributed by atoms with E-state index in [9.17, 15) is 8.42 Å². The predicted octanol–water partition coefficient (Wildman–Crippen LogP) is 3.20. The molecule has 2 aromatic carbocycles. The summed E-state index contributed by atoms with van der Waals surface area (Å²) >= 11 is 5.92. The van der Waals surface area contributed by atoms with Crippen LogP contribution in [0.3, 0.4) is 0 Å². The van der Waals surface area contributed by atoms with Gasteiger partial charge in [-0.2, -0.15) is 0 Å². The van der Waals surface area contributed by atoms with Crippen LogP contribution in [-0.2, 0) is 23.1 Å². The lowest BCUT2D eigenvalue weighted by Gasteiger charge is -2.22. The molecule has 2 aromatic rings. The molecule has 0 heterocycles. The van der Waals surface area contributed by atoms with E-state index in [1.165, 1.54) is 6.07 Å². The van der Waals surface area contributed by atoms with Crippen molar-refractivity contribution in [2.45, 2.75) is 24.9 Å². The summed E-state index contributed by atoms with van der Waals surface area (Å²) in [6.07, 6.45) is 0. The van der Waals surface area contributed by atoms with E-state index >= 15 is 0 Å². The van der Waals surface area contributed by atoms with E-state index < -0.39 is 10.0 Å². The van der Waals surface area contributed by atoms with Crippen LogP contribution < -0.4 is 10.5 Å². The Labute approximate surface area is 182 Å². The van der Waals surface area contributed by atoms with Crippen molar-refractivity contribution in [2.75, 3.05) is 13.6 Å². The molecule has 3 N–H and O–H groups in total. The highest BCUT2D eigenvalue weighted by Gasteiger charge is 2.09. The Bertz CT molecular complexity index is 873. The molecule has 0 saturated carbocycles. The minimum Gasteiger partial charge on any atom is -0.357 e. The summed E-state index contributed by atoms with van der Waals surface area (Å²) in [6.45, 7) is 3.73. The zero-order valence-electron chi connectivity index (χ0n) is 15.2. The molecule has 0 aliphatic heterocycles. The van der Waals surface area contributed by atoms with Gasteiger partial charge in [-0.3, -0.25) is 0 Å². The number of rotatable bonds is 6. The highest BCUT2D eigenvalue weighted by molar-refractivity contribution is 14.0. The number of guanidine groups is 1. The Balaban J connectivity index is 0.00000364. The lowest BCUT2D eigenvalue weighted by atomic mass is 10.2. The van der Waals surface area contributed by atoms with Gasteiger partial charge in [0, 0.05) is 25.2 Å². The topological polar surface area (TPSA) is 87.8 Å². The molecule has 0 aliphatic rings. The van der Waals surface area contributed by atoms with Crippen molar-refractivity contribution < 1.29 is 8.42 Å². The minimum atomic E-state index is -3.72. The fourth-order valence-corrected chi connectivity index (χ4v) is 3.11. The molecule has 0 aromatic heterocycles. The highest BCUT2D eigenvalue weighted by atomic mass is 127. The molecule has 0 bridgehead atoms. The molecule has 148 valence electrons. The summed E-state index contributed by atoms with van der Waals surface area (Å²) in [6, 6.07) is 14.1. The van der Waals surface area contributed by atoms with Gasteiger partial charge >= 0.3 is 0 Å². The van der Waals surface area contributed by atoms with Gasteiger partial charge in [-0.05, 0) is 42.3 Å². The molecule has 0 unspecified atom stereocenters. The lowest BCUT2D eigenvalue weighted by molar-refractivity contribution is 0.477. The van der Waals surface area contributed by atoms with Crippen molar-refractivity contribution in [3.05, 3.63) is 64.7 Å². The number of nitrogens with zero attached hydrogens (tertiary/aromatic N) is 2. The van der Waals surface area contributed by atoms with Crippen LogP contribution in [0.25, 0.3) is 0 Å². The van der Waals surface area contributed by atoms with Crippen LogP contribution in [0.5, 0.6) is 0 Å². The number of nitrogens with one attached hydrogen (secondary N) is 1. The van der Waals surface area contributed by atoms with Gasteiger partial charge in [0.1, 0.15) is 0 Å². The first-order valence-electron chi connectivity index (χ1n) is 8.15. The summed E-state index contributed by atoms with van der Waals surface area (Å²) < 4.78 is 22.9. The minimum absolute atomic E-state index is 0. The van der Waals surface area contributed by atoms with Gasteiger partial charge in [0.05, 0.1) is 11.4 Å². The van der Waals surface area contributed by atoms with Crippen LogP contribution in [0.1, 0.15) is 18.1 Å². The molecule has 6 nitrogen and oxygen atoms in total. The van der Waals surface area contributed by atoms with Crippen LogP contribution in [0.2, 0.25) is 5.02 Å². The number of nitrogens with two attached hydrogens (primary N) is 1. The molecule has 0 amide bonds. The molecule has 27 heavy (non-hydrogen) atoms. The summed E-state index contributed by atoms with van der Waals surface area (Å²) in [5, 5.41) is 9.12. The van der Waals surface area contributed by atoms with Gasteiger partial charge in [0.2, 0.25) is 10.0 Å². The average molecular weight is 523 g/mol. The number of aliphatic imine (C=N–C) groups is 1. The van der Waals surface area contributed by atoms with Gasteiger partial charge in [0.15, 0.2) is 5.96 Å². The van der Waals surface area contributed by atoms with Gasteiger partial charge in [-0.1, -0.05) is 35.9 Å². The first kappa shape index (κ1) is 23.7. The zero-order valence-corrected chi connectivity index (χ0v) is 19.1. The third-order valence-corrected chi connectivity index (χ3v) is 4.83. The maximum absolute atomic E-state index is 11.5. The zero-order chi connectivity index (χ0) is 19.2. The quantitative estimate of drug-likeness (QED) is 0.346. The Morgan fingerprint density at radius 3 is 2.44 bits per heavy atom. The molecular weight excluding hydrogens is 499 g/mol. The van der Waals surface area contributed by atoms with E-state index in [0.717, 1.165) is 23.6 Å². The van der Waals surface area contributed by atoms with Crippen molar-refractivity contribution in [1.29, 1.82) is 0 Å². The van der Waals surface area contributed by atoms with E-state index in [0.29, 0.717) is 18.1 Å². The molecule has 9 heteroatoms. The highest BCUT2D eigenvalue weighted by Crippen LogP contribution is 2.12. The van der Waals surface area contributed by atoms with Crippen molar-refractivity contribution >= 4 is 51.6 Å². The van der Waals surface area contributed by atoms with Crippen molar-refractivity contribution in [2.24, 2.45) is 10.1 Å². The molecule has 0 aliphatic carbocycles. The Hall–Kier alpha value is -1.36. The van der Waals surface area contributed by atoms with Gasteiger partial charge < -0.3 is 10.2 Å². The number of sulfonamides is 1. The summed E-state index contributed by atoms with van der Waals surface area (Å²) in [5.41, 5.74) is 1.88. The molecule has 0 saturated heterocycles. The fourth-order valence-electron chi connectivity index (χ4n) is 2.40.